The molecule has 54 valence electrons. The zero-order valence-electron chi connectivity index (χ0n) is 5.87. The maximum absolute atomic E-state index is 10.7. The lowest BCUT2D eigenvalue weighted by Crippen LogP contribution is -2.30. The summed E-state index contributed by atoms with van der Waals surface area (Å²) in [7, 11) is 0. The molecule has 0 aromatic heterocycles. The van der Waals surface area contributed by atoms with Crippen LogP contribution in [0.2, 0.25) is 0 Å². The van der Waals surface area contributed by atoms with Crippen LogP contribution in [-0.4, -0.2) is 23.9 Å². The highest BCUT2D eigenvalue weighted by Crippen LogP contribution is 1.85. The predicted octanol–water partition coefficient (Wildman–Crippen LogP) is -0.395. The summed E-state index contributed by atoms with van der Waals surface area (Å²) in [4.78, 5) is 11.8. The van der Waals surface area contributed by atoms with Crippen LogP contribution in [-0.2, 0) is 4.79 Å². The molecule has 0 aliphatic carbocycles. The summed E-state index contributed by atoms with van der Waals surface area (Å²) in [6.45, 7) is 0.0177. The molecule has 1 amide bonds. The molecule has 0 rings (SSSR count). The fourth-order valence-electron chi connectivity index (χ4n) is 0.486. The lowest BCUT2D eigenvalue weighted by atomic mass is 10.4. The van der Waals surface area contributed by atoms with Crippen molar-refractivity contribution in [1.82, 2.24) is 4.90 Å². The fraction of sp³-hybridized carbons (Fsp3) is 0.250. The third-order valence-electron chi connectivity index (χ3n) is 0.954. The Kier molecular flexibility index (Phi) is 4.06. The molecule has 0 fully saturated rings. The summed E-state index contributed by atoms with van der Waals surface area (Å²) >= 11 is 0. The predicted molar refractivity (Wildman–Crippen MR) is 39.9 cm³/mol. The van der Waals surface area contributed by atoms with E-state index in [9.17, 15) is 4.79 Å². The standard InChI is InChI=1S/C8H6N2O/c1-3-6-10(7-5-9)8(11)4-2/h1-2H,6-7H2. The first kappa shape index (κ1) is 9.08. The highest BCUT2D eigenvalue weighted by atomic mass is 16.2. The molecule has 0 unspecified atom stereocenters. The van der Waals surface area contributed by atoms with Gasteiger partial charge < -0.3 is 4.90 Å². The molecule has 0 aliphatic heterocycles. The summed E-state index contributed by atoms with van der Waals surface area (Å²) in [5.74, 6) is 3.55. The van der Waals surface area contributed by atoms with Gasteiger partial charge in [0, 0.05) is 0 Å². The Morgan fingerprint density at radius 2 is 2.09 bits per heavy atom. The van der Waals surface area contributed by atoms with Crippen molar-refractivity contribution in [3.63, 3.8) is 0 Å². The minimum absolute atomic E-state index is 0.0623. The number of terminal acetylenes is 2. The van der Waals surface area contributed by atoms with Gasteiger partial charge in [-0.25, -0.2) is 0 Å². The van der Waals surface area contributed by atoms with Crippen molar-refractivity contribution in [1.29, 1.82) is 5.26 Å². The first-order chi connectivity index (χ1) is 5.26. The molecule has 3 heteroatoms. The van der Waals surface area contributed by atoms with Crippen LogP contribution in [0.5, 0.6) is 0 Å². The van der Waals surface area contributed by atoms with Crippen molar-refractivity contribution in [2.24, 2.45) is 0 Å². The maximum Gasteiger partial charge on any atom is 0.299 e. The van der Waals surface area contributed by atoms with Crippen molar-refractivity contribution in [3.05, 3.63) is 0 Å². The van der Waals surface area contributed by atoms with E-state index in [1.54, 1.807) is 6.07 Å². The van der Waals surface area contributed by atoms with Crippen LogP contribution in [0.4, 0.5) is 0 Å². The lowest BCUT2D eigenvalue weighted by molar-refractivity contribution is -0.123. The first-order valence-electron chi connectivity index (χ1n) is 2.82. The van der Waals surface area contributed by atoms with Gasteiger partial charge in [0.1, 0.15) is 6.54 Å². The minimum Gasteiger partial charge on any atom is -0.307 e. The normalized spacial score (nSPS) is 7.00. The number of carbonyl (C=O) groups is 1. The van der Waals surface area contributed by atoms with Crippen LogP contribution in [0.15, 0.2) is 0 Å². The fourth-order valence-corrected chi connectivity index (χ4v) is 0.486. The van der Waals surface area contributed by atoms with Crippen LogP contribution in [0, 0.1) is 36.0 Å². The zero-order chi connectivity index (χ0) is 8.69. The Morgan fingerprint density at radius 1 is 1.45 bits per heavy atom. The highest BCUT2D eigenvalue weighted by molar-refractivity contribution is 5.93. The Balaban J connectivity index is 4.17. The van der Waals surface area contributed by atoms with Gasteiger partial charge in [0.25, 0.3) is 5.91 Å². The van der Waals surface area contributed by atoms with Gasteiger partial charge >= 0.3 is 0 Å². The SMILES string of the molecule is C#CCN(CC#N)C(=O)C#C. The molecular formula is C8H6N2O. The molecule has 0 saturated heterocycles. The largest absolute Gasteiger partial charge is 0.307 e. The van der Waals surface area contributed by atoms with Crippen LogP contribution < -0.4 is 0 Å². The van der Waals surface area contributed by atoms with Gasteiger partial charge in [-0.2, -0.15) is 5.26 Å². The van der Waals surface area contributed by atoms with E-state index in [1.165, 1.54) is 0 Å². The highest BCUT2D eigenvalue weighted by Gasteiger charge is 2.06. The molecule has 0 bridgehead atoms. The molecule has 0 N–H and O–H groups in total. The van der Waals surface area contributed by atoms with Gasteiger partial charge in [0.15, 0.2) is 0 Å². The molecule has 0 aromatic carbocycles. The molecule has 0 saturated carbocycles. The smallest absolute Gasteiger partial charge is 0.299 e. The molecule has 0 heterocycles. The van der Waals surface area contributed by atoms with Gasteiger partial charge in [-0.05, 0) is 5.92 Å². The molecule has 0 atom stereocenters. The average molecular weight is 146 g/mol. The van der Waals surface area contributed by atoms with E-state index in [1.807, 2.05) is 5.92 Å². The Labute approximate surface area is 65.6 Å². The quantitative estimate of drug-likeness (QED) is 0.393. The van der Waals surface area contributed by atoms with Crippen LogP contribution in [0.3, 0.4) is 0 Å². The third kappa shape index (κ3) is 2.94. The second-order valence-electron chi connectivity index (χ2n) is 1.67. The average Bonchev–Trinajstić information content (AvgIpc) is 2.03. The Morgan fingerprint density at radius 3 is 2.45 bits per heavy atom. The second kappa shape index (κ2) is 4.91. The van der Waals surface area contributed by atoms with E-state index >= 15 is 0 Å². The molecule has 0 spiro atoms. The van der Waals surface area contributed by atoms with Crippen molar-refractivity contribution < 1.29 is 4.79 Å². The zero-order valence-corrected chi connectivity index (χ0v) is 5.87. The van der Waals surface area contributed by atoms with E-state index in [2.05, 4.69) is 5.92 Å². The number of carbonyl (C=O) groups excluding carboxylic acids is 1. The van der Waals surface area contributed by atoms with Gasteiger partial charge in [0.05, 0.1) is 12.6 Å². The molecule has 0 aliphatic rings. The molecule has 11 heavy (non-hydrogen) atoms. The van der Waals surface area contributed by atoms with Gasteiger partial charge in [-0.1, -0.05) is 5.92 Å². The van der Waals surface area contributed by atoms with E-state index < -0.39 is 5.91 Å². The van der Waals surface area contributed by atoms with Crippen molar-refractivity contribution >= 4 is 5.91 Å². The van der Waals surface area contributed by atoms with E-state index in [-0.39, 0.29) is 13.1 Å². The molecule has 0 aromatic rings. The molecular weight excluding hydrogens is 140 g/mol. The second-order valence-corrected chi connectivity index (χ2v) is 1.67. The summed E-state index contributed by atoms with van der Waals surface area (Å²) in [5.41, 5.74) is 0. The van der Waals surface area contributed by atoms with Gasteiger partial charge in [0.2, 0.25) is 0 Å². The number of hydrogen-bond acceptors (Lipinski definition) is 2. The Bertz CT molecular complexity index is 245. The number of hydrogen-bond donors (Lipinski definition) is 0. The van der Waals surface area contributed by atoms with E-state index in [0.29, 0.717) is 0 Å². The Hall–Kier alpha value is -1.92. The van der Waals surface area contributed by atoms with Crippen LogP contribution in [0.25, 0.3) is 0 Å². The third-order valence-corrected chi connectivity index (χ3v) is 0.954. The summed E-state index contributed by atoms with van der Waals surface area (Å²) in [6.07, 6.45) is 9.74. The van der Waals surface area contributed by atoms with Crippen LogP contribution >= 0.6 is 0 Å². The van der Waals surface area contributed by atoms with Crippen LogP contribution in [0.1, 0.15) is 0 Å². The number of rotatable bonds is 2. The van der Waals surface area contributed by atoms with Crippen molar-refractivity contribution in [2.45, 2.75) is 0 Å². The first-order valence-corrected chi connectivity index (χ1v) is 2.82. The van der Waals surface area contributed by atoms with Gasteiger partial charge in [-0.15, -0.1) is 12.8 Å². The van der Waals surface area contributed by atoms with E-state index in [4.69, 9.17) is 18.1 Å². The number of amides is 1. The topological polar surface area (TPSA) is 44.1 Å². The molecule has 0 radical (unpaired) electrons. The minimum atomic E-state index is -0.551. The van der Waals surface area contributed by atoms with Gasteiger partial charge in [-0.3, -0.25) is 4.79 Å². The maximum atomic E-state index is 10.7. The summed E-state index contributed by atoms with van der Waals surface area (Å²) < 4.78 is 0. The lowest BCUT2D eigenvalue weighted by Gasteiger charge is -2.11. The van der Waals surface area contributed by atoms with Crippen molar-refractivity contribution in [3.8, 4) is 30.8 Å². The van der Waals surface area contributed by atoms with Crippen molar-refractivity contribution in [2.75, 3.05) is 13.1 Å². The summed E-state index contributed by atoms with van der Waals surface area (Å²) in [5, 5.41) is 8.23. The summed E-state index contributed by atoms with van der Waals surface area (Å²) in [6, 6.07) is 1.78. The number of nitriles is 1. The monoisotopic (exact) mass is 146 g/mol. The van der Waals surface area contributed by atoms with E-state index in [0.717, 1.165) is 4.90 Å². The molecule has 3 nitrogen and oxygen atoms in total. The number of nitrogens with zero attached hydrogens (tertiary/aromatic N) is 2.